The molecule has 1 fully saturated rings. The zero-order chi connectivity index (χ0) is 18.7. The van der Waals surface area contributed by atoms with Crippen molar-refractivity contribution < 1.29 is 36.2 Å². The van der Waals surface area contributed by atoms with Crippen molar-refractivity contribution in [1.29, 1.82) is 0 Å². The number of aliphatic hydroxyl groups is 1. The number of rotatable bonds is 7. The first-order chi connectivity index (χ1) is 11.7. The number of alkyl halides is 6. The van der Waals surface area contributed by atoms with E-state index in [0.717, 1.165) is 18.2 Å². The van der Waals surface area contributed by atoms with E-state index in [9.17, 15) is 26.3 Å². The van der Waals surface area contributed by atoms with E-state index in [0.29, 0.717) is 13.1 Å². The Hall–Kier alpha value is -1.23. The first kappa shape index (κ1) is 22.8. The molecular formula is C15H19ClF6N2O2. The van der Waals surface area contributed by atoms with Gasteiger partial charge < -0.3 is 15.2 Å². The fourth-order valence-corrected chi connectivity index (χ4v) is 2.70. The van der Waals surface area contributed by atoms with Crippen molar-refractivity contribution in [3.8, 4) is 5.75 Å². The molecule has 1 heterocycles. The Morgan fingerprint density at radius 1 is 1.15 bits per heavy atom. The number of nitrogens with one attached hydrogen (secondary N) is 1. The fraction of sp³-hybridized carbons (Fsp3) is 0.600. The van der Waals surface area contributed by atoms with Crippen molar-refractivity contribution >= 4 is 12.4 Å². The summed E-state index contributed by atoms with van der Waals surface area (Å²) in [5.41, 5.74) is -0.108. The number of aliphatic hydroxyl groups excluding tert-OH is 1. The molecule has 1 aromatic rings. The summed E-state index contributed by atoms with van der Waals surface area (Å²) < 4.78 is 83.1. The minimum absolute atomic E-state index is 0. The van der Waals surface area contributed by atoms with Crippen LogP contribution in [0.4, 0.5) is 26.3 Å². The highest BCUT2D eigenvalue weighted by atomic mass is 35.5. The lowest BCUT2D eigenvalue weighted by Crippen LogP contribution is -2.51. The molecule has 26 heavy (non-hydrogen) atoms. The zero-order valence-electron chi connectivity index (χ0n) is 13.5. The molecule has 2 rings (SSSR count). The predicted octanol–water partition coefficient (Wildman–Crippen LogP) is 2.92. The Balaban J connectivity index is 0.00000338. The van der Waals surface area contributed by atoms with Crippen molar-refractivity contribution in [3.05, 3.63) is 29.8 Å². The van der Waals surface area contributed by atoms with E-state index in [1.807, 2.05) is 0 Å². The van der Waals surface area contributed by atoms with Gasteiger partial charge in [-0.15, -0.1) is 12.4 Å². The summed E-state index contributed by atoms with van der Waals surface area (Å²) in [6.07, 6.45) is -8.79. The van der Waals surface area contributed by atoms with E-state index < -0.39 is 36.9 Å². The molecule has 0 aliphatic carbocycles. The number of ether oxygens (including phenoxy) is 1. The molecule has 150 valence electrons. The Morgan fingerprint density at radius 3 is 2.31 bits per heavy atom. The standard InChI is InChI=1S/C15H18F6N2O2.ClH/c16-13(17)15(20,21)25-11-3-1-2-10(8-11)12(14(18,19)9-24)23-6-4-22-5-7-23;/h1-3,8,12-13,22,24H,4-7,9H2;1H/t12-;/m1./s1. The van der Waals surface area contributed by atoms with Gasteiger partial charge >= 0.3 is 12.5 Å². The van der Waals surface area contributed by atoms with Crippen LogP contribution in [0.3, 0.4) is 0 Å². The summed E-state index contributed by atoms with van der Waals surface area (Å²) >= 11 is 0. The smallest absolute Gasteiger partial charge is 0.428 e. The molecule has 1 saturated heterocycles. The molecule has 11 heteroatoms. The van der Waals surface area contributed by atoms with E-state index in [1.165, 1.54) is 11.0 Å². The highest BCUT2D eigenvalue weighted by Gasteiger charge is 2.46. The van der Waals surface area contributed by atoms with Crippen molar-refractivity contribution in [2.24, 2.45) is 0 Å². The second-order valence-corrected chi connectivity index (χ2v) is 5.64. The molecule has 0 spiro atoms. The zero-order valence-corrected chi connectivity index (χ0v) is 14.3. The van der Waals surface area contributed by atoms with Crippen LogP contribution in [0, 0.1) is 0 Å². The van der Waals surface area contributed by atoms with Crippen molar-refractivity contribution in [3.63, 3.8) is 0 Å². The topological polar surface area (TPSA) is 44.7 Å². The largest absolute Gasteiger partial charge is 0.461 e. The number of benzene rings is 1. The first-order valence-electron chi connectivity index (χ1n) is 7.56. The van der Waals surface area contributed by atoms with Crippen molar-refractivity contribution in [1.82, 2.24) is 10.2 Å². The number of hydrogen-bond donors (Lipinski definition) is 2. The summed E-state index contributed by atoms with van der Waals surface area (Å²) in [6.45, 7) is -0.0632. The molecule has 1 aliphatic heterocycles. The van der Waals surface area contributed by atoms with Crippen LogP contribution in [-0.4, -0.2) is 61.2 Å². The van der Waals surface area contributed by atoms with Crippen LogP contribution in [0.1, 0.15) is 11.6 Å². The van der Waals surface area contributed by atoms with Gasteiger partial charge in [0, 0.05) is 26.2 Å². The maximum atomic E-state index is 14.3. The summed E-state index contributed by atoms with van der Waals surface area (Å²) in [6, 6.07) is 2.67. The van der Waals surface area contributed by atoms with E-state index in [4.69, 9.17) is 5.11 Å². The first-order valence-corrected chi connectivity index (χ1v) is 7.56. The number of nitrogens with zero attached hydrogens (tertiary/aromatic N) is 1. The SMILES string of the molecule is Cl.OCC(F)(F)[C@@H](c1cccc(OC(F)(F)C(F)F)c1)N1CCNCC1. The van der Waals surface area contributed by atoms with Crippen LogP contribution < -0.4 is 10.1 Å². The number of halogens is 7. The van der Waals surface area contributed by atoms with Gasteiger partial charge in [0.05, 0.1) is 0 Å². The van der Waals surface area contributed by atoms with Crippen LogP contribution in [-0.2, 0) is 0 Å². The number of piperazine rings is 1. The highest BCUT2D eigenvalue weighted by molar-refractivity contribution is 5.85. The molecule has 0 aromatic heterocycles. The predicted molar refractivity (Wildman–Crippen MR) is 84.5 cm³/mol. The van der Waals surface area contributed by atoms with Gasteiger partial charge in [-0.2, -0.15) is 17.6 Å². The van der Waals surface area contributed by atoms with Gasteiger partial charge in [-0.05, 0) is 17.7 Å². The van der Waals surface area contributed by atoms with Crippen LogP contribution in [0.5, 0.6) is 5.75 Å². The maximum Gasteiger partial charge on any atom is 0.461 e. The van der Waals surface area contributed by atoms with Gasteiger partial charge in [-0.1, -0.05) is 12.1 Å². The minimum Gasteiger partial charge on any atom is -0.428 e. The van der Waals surface area contributed by atoms with Crippen LogP contribution in [0.2, 0.25) is 0 Å². The van der Waals surface area contributed by atoms with Gasteiger partial charge in [-0.3, -0.25) is 4.90 Å². The van der Waals surface area contributed by atoms with Crippen LogP contribution in [0.15, 0.2) is 24.3 Å². The molecule has 0 amide bonds. The van der Waals surface area contributed by atoms with Gasteiger partial charge in [0.15, 0.2) is 0 Å². The Kier molecular flexibility index (Phi) is 8.00. The molecule has 1 aromatic carbocycles. The number of hydrogen-bond acceptors (Lipinski definition) is 4. The third-order valence-corrected chi connectivity index (χ3v) is 3.81. The van der Waals surface area contributed by atoms with E-state index in [1.54, 1.807) is 0 Å². The summed E-state index contributed by atoms with van der Waals surface area (Å²) in [5, 5.41) is 12.0. The molecule has 0 bridgehead atoms. The molecule has 0 unspecified atom stereocenters. The van der Waals surface area contributed by atoms with Crippen molar-refractivity contribution in [2.75, 3.05) is 32.8 Å². The van der Waals surface area contributed by atoms with Crippen molar-refractivity contribution in [2.45, 2.75) is 24.5 Å². The Labute approximate surface area is 152 Å². The second-order valence-electron chi connectivity index (χ2n) is 5.64. The van der Waals surface area contributed by atoms with Gasteiger partial charge in [0.2, 0.25) is 0 Å². The van der Waals surface area contributed by atoms with Crippen LogP contribution in [0.25, 0.3) is 0 Å². The lowest BCUT2D eigenvalue weighted by Gasteiger charge is -2.38. The monoisotopic (exact) mass is 408 g/mol. The van der Waals surface area contributed by atoms with E-state index in [2.05, 4.69) is 10.1 Å². The lowest BCUT2D eigenvalue weighted by atomic mass is 9.98. The normalized spacial score (nSPS) is 17.7. The second kappa shape index (κ2) is 9.12. The molecule has 2 N–H and O–H groups in total. The van der Waals surface area contributed by atoms with E-state index >= 15 is 0 Å². The summed E-state index contributed by atoms with van der Waals surface area (Å²) in [5.74, 6) is -4.21. The minimum atomic E-state index is -4.73. The average Bonchev–Trinajstić information content (AvgIpc) is 2.55. The molecule has 1 aliphatic rings. The van der Waals surface area contributed by atoms with E-state index in [-0.39, 0.29) is 31.1 Å². The molecule has 0 saturated carbocycles. The quantitative estimate of drug-likeness (QED) is 0.681. The van der Waals surface area contributed by atoms with Gasteiger partial charge in [-0.25, -0.2) is 8.78 Å². The molecular weight excluding hydrogens is 390 g/mol. The lowest BCUT2D eigenvalue weighted by molar-refractivity contribution is -0.253. The Morgan fingerprint density at radius 2 is 1.77 bits per heavy atom. The molecule has 0 radical (unpaired) electrons. The Bertz CT molecular complexity index is 573. The highest BCUT2D eigenvalue weighted by Crippen LogP contribution is 2.38. The maximum absolute atomic E-state index is 14.3. The molecule has 4 nitrogen and oxygen atoms in total. The van der Waals surface area contributed by atoms with Crippen LogP contribution >= 0.6 is 12.4 Å². The van der Waals surface area contributed by atoms with Gasteiger partial charge in [0.25, 0.3) is 5.92 Å². The molecule has 1 atom stereocenters. The van der Waals surface area contributed by atoms with Gasteiger partial charge in [0.1, 0.15) is 18.4 Å². The third kappa shape index (κ3) is 5.38. The summed E-state index contributed by atoms with van der Waals surface area (Å²) in [4.78, 5) is 1.40. The third-order valence-electron chi connectivity index (χ3n) is 3.81. The summed E-state index contributed by atoms with van der Waals surface area (Å²) in [7, 11) is 0. The fourth-order valence-electron chi connectivity index (χ4n) is 2.70. The average molecular weight is 409 g/mol.